The van der Waals surface area contributed by atoms with Crippen LogP contribution in [0.25, 0.3) is 21.7 Å². The van der Waals surface area contributed by atoms with Gasteiger partial charge in [-0.15, -0.1) is 11.3 Å². The number of hydrogen-bond acceptors (Lipinski definition) is 5. The lowest BCUT2D eigenvalue weighted by molar-refractivity contribution is 0.0907. The number of amides is 2. The number of carbonyl (C=O) groups is 2. The molecule has 0 aromatic carbocycles. The maximum absolute atomic E-state index is 12.8. The topological polar surface area (TPSA) is 99.8 Å². The summed E-state index contributed by atoms with van der Waals surface area (Å²) in [6, 6.07) is 3.63. The van der Waals surface area contributed by atoms with Crippen LogP contribution >= 0.6 is 11.3 Å². The van der Waals surface area contributed by atoms with E-state index in [0.29, 0.717) is 27.3 Å². The minimum absolute atomic E-state index is 0.00715. The molecule has 0 radical (unpaired) electrons. The van der Waals surface area contributed by atoms with Gasteiger partial charge < -0.3 is 15.6 Å². The van der Waals surface area contributed by atoms with E-state index in [1.807, 2.05) is 33.8 Å². The lowest BCUT2D eigenvalue weighted by atomic mass is 9.88. The Morgan fingerprint density at radius 2 is 1.80 bits per heavy atom. The number of rotatable bonds is 4. The fraction of sp³-hybridized carbons (Fsp3) is 0.455. The highest BCUT2D eigenvalue weighted by atomic mass is 32.1. The molecule has 3 aromatic rings. The Bertz CT molecular complexity index is 1090. The summed E-state index contributed by atoms with van der Waals surface area (Å²) >= 11 is 1.35. The summed E-state index contributed by atoms with van der Waals surface area (Å²) in [6.07, 6.45) is 3.28. The fourth-order valence-electron chi connectivity index (χ4n) is 2.67. The first kappa shape index (κ1) is 22.0. The van der Waals surface area contributed by atoms with Crippen LogP contribution in [0.15, 0.2) is 24.5 Å². The van der Waals surface area contributed by atoms with Crippen LogP contribution in [0.4, 0.5) is 0 Å². The highest BCUT2D eigenvalue weighted by molar-refractivity contribution is 7.17. The summed E-state index contributed by atoms with van der Waals surface area (Å²) in [6.45, 7) is 14.0. The van der Waals surface area contributed by atoms with Crippen molar-refractivity contribution in [3.05, 3.63) is 35.0 Å². The quantitative estimate of drug-likeness (QED) is 0.575. The first-order valence-electron chi connectivity index (χ1n) is 9.93. The van der Waals surface area contributed by atoms with Gasteiger partial charge in [0.1, 0.15) is 5.52 Å². The van der Waals surface area contributed by atoms with Crippen molar-refractivity contribution >= 4 is 34.3 Å². The first-order chi connectivity index (χ1) is 13.8. The van der Waals surface area contributed by atoms with Crippen LogP contribution in [0.5, 0.6) is 0 Å². The van der Waals surface area contributed by atoms with Gasteiger partial charge in [0, 0.05) is 17.8 Å². The minimum Gasteiger partial charge on any atom is -0.349 e. The molecule has 8 heteroatoms. The highest BCUT2D eigenvalue weighted by Crippen LogP contribution is 2.28. The second-order valence-corrected chi connectivity index (χ2v) is 10.7. The third-order valence-electron chi connectivity index (χ3n) is 4.84. The number of H-pyrrole nitrogens is 1. The average molecular weight is 428 g/mol. The van der Waals surface area contributed by atoms with Gasteiger partial charge in [0.05, 0.1) is 27.2 Å². The van der Waals surface area contributed by atoms with E-state index in [1.165, 1.54) is 11.3 Å². The lowest BCUT2D eigenvalue weighted by Gasteiger charge is -2.27. The van der Waals surface area contributed by atoms with E-state index in [2.05, 4.69) is 46.4 Å². The number of carbonyl (C=O) groups excluding carboxylic acids is 2. The molecule has 0 saturated heterocycles. The maximum atomic E-state index is 12.8. The summed E-state index contributed by atoms with van der Waals surface area (Å²) in [7, 11) is 0. The molecule has 3 aromatic heterocycles. The number of aromatic nitrogens is 3. The highest BCUT2D eigenvalue weighted by Gasteiger charge is 2.24. The van der Waals surface area contributed by atoms with Gasteiger partial charge in [-0.3, -0.25) is 9.59 Å². The van der Waals surface area contributed by atoms with Crippen molar-refractivity contribution < 1.29 is 9.59 Å². The van der Waals surface area contributed by atoms with Crippen molar-refractivity contribution in [2.45, 2.75) is 60.0 Å². The Balaban J connectivity index is 1.88. The molecule has 0 bridgehead atoms. The van der Waals surface area contributed by atoms with Crippen molar-refractivity contribution in [1.82, 2.24) is 25.6 Å². The van der Waals surface area contributed by atoms with E-state index in [-0.39, 0.29) is 28.8 Å². The van der Waals surface area contributed by atoms with Crippen LogP contribution in [0.2, 0.25) is 0 Å². The van der Waals surface area contributed by atoms with E-state index in [0.717, 1.165) is 4.88 Å². The predicted molar refractivity (Wildman–Crippen MR) is 121 cm³/mol. The molecule has 160 valence electrons. The number of aromatic amines is 1. The number of hydrogen-bond donors (Lipinski definition) is 3. The maximum Gasteiger partial charge on any atom is 0.261 e. The number of nitrogens with zero attached hydrogens (tertiary/aromatic N) is 2. The zero-order chi connectivity index (χ0) is 22.3. The molecule has 1 unspecified atom stereocenters. The zero-order valence-electron chi connectivity index (χ0n) is 18.5. The molecule has 2 amide bonds. The third-order valence-corrected chi connectivity index (χ3v) is 5.95. The summed E-state index contributed by atoms with van der Waals surface area (Å²) in [4.78, 5) is 38.7. The second kappa shape index (κ2) is 7.83. The van der Waals surface area contributed by atoms with Crippen molar-refractivity contribution in [1.29, 1.82) is 0 Å². The predicted octanol–water partition coefficient (Wildman–Crippen LogP) is 4.38. The van der Waals surface area contributed by atoms with Gasteiger partial charge in [-0.05, 0) is 45.2 Å². The molecule has 0 aliphatic rings. The van der Waals surface area contributed by atoms with Crippen LogP contribution in [0.3, 0.4) is 0 Å². The lowest BCUT2D eigenvalue weighted by Crippen LogP contribution is -2.41. The molecule has 0 aliphatic carbocycles. The standard InChI is InChI=1S/C22H29N5O2S/c1-12(21(2,3)4)25-19(28)13-10-23-18-17(13)26-14(11-24-18)15-8-9-16(30-15)20(29)27-22(5,6)7/h8-12H,1-7H3,(H,23,24)(H,25,28)(H,27,29). The number of fused-ring (bicyclic) bond motifs is 1. The summed E-state index contributed by atoms with van der Waals surface area (Å²) < 4.78 is 0. The van der Waals surface area contributed by atoms with Crippen molar-refractivity contribution in [3.63, 3.8) is 0 Å². The Kier molecular flexibility index (Phi) is 5.73. The van der Waals surface area contributed by atoms with Crippen molar-refractivity contribution in [3.8, 4) is 10.6 Å². The van der Waals surface area contributed by atoms with E-state index in [1.54, 1.807) is 18.5 Å². The Labute approximate surface area is 180 Å². The van der Waals surface area contributed by atoms with Crippen LogP contribution in [-0.4, -0.2) is 38.3 Å². The van der Waals surface area contributed by atoms with Crippen molar-refractivity contribution in [2.24, 2.45) is 5.41 Å². The molecule has 1 atom stereocenters. The van der Waals surface area contributed by atoms with Gasteiger partial charge in [0.2, 0.25) is 0 Å². The van der Waals surface area contributed by atoms with Gasteiger partial charge >= 0.3 is 0 Å². The van der Waals surface area contributed by atoms with Crippen molar-refractivity contribution in [2.75, 3.05) is 0 Å². The van der Waals surface area contributed by atoms with Gasteiger partial charge in [-0.2, -0.15) is 0 Å². The smallest absolute Gasteiger partial charge is 0.261 e. The molecule has 0 spiro atoms. The normalized spacial score (nSPS) is 13.3. The molecule has 0 aliphatic heterocycles. The summed E-state index contributed by atoms with van der Waals surface area (Å²) in [5.74, 6) is -0.308. The second-order valence-electron chi connectivity index (χ2n) is 9.58. The average Bonchev–Trinajstić information content (AvgIpc) is 3.26. The fourth-order valence-corrected chi connectivity index (χ4v) is 3.53. The number of thiophene rings is 1. The molecule has 0 fully saturated rings. The zero-order valence-corrected chi connectivity index (χ0v) is 19.3. The third kappa shape index (κ3) is 4.87. The monoisotopic (exact) mass is 427 g/mol. The Morgan fingerprint density at radius 3 is 2.43 bits per heavy atom. The van der Waals surface area contributed by atoms with Gasteiger partial charge in [-0.1, -0.05) is 20.8 Å². The van der Waals surface area contributed by atoms with E-state index in [4.69, 9.17) is 0 Å². The van der Waals surface area contributed by atoms with Crippen LogP contribution in [0.1, 0.15) is 68.5 Å². The van der Waals surface area contributed by atoms with Crippen LogP contribution in [0, 0.1) is 5.41 Å². The molecule has 3 N–H and O–H groups in total. The Morgan fingerprint density at radius 1 is 1.10 bits per heavy atom. The minimum atomic E-state index is -0.308. The van der Waals surface area contributed by atoms with E-state index in [9.17, 15) is 9.59 Å². The first-order valence-corrected chi connectivity index (χ1v) is 10.7. The molecule has 30 heavy (non-hydrogen) atoms. The molecular weight excluding hydrogens is 398 g/mol. The summed E-state index contributed by atoms with van der Waals surface area (Å²) in [5.41, 5.74) is 1.78. The van der Waals surface area contributed by atoms with E-state index < -0.39 is 0 Å². The van der Waals surface area contributed by atoms with E-state index >= 15 is 0 Å². The largest absolute Gasteiger partial charge is 0.349 e. The van der Waals surface area contributed by atoms with Gasteiger partial charge in [0.25, 0.3) is 11.8 Å². The number of nitrogens with one attached hydrogen (secondary N) is 3. The molecular formula is C22H29N5O2S. The molecule has 3 heterocycles. The molecule has 7 nitrogen and oxygen atoms in total. The Hall–Kier alpha value is -2.74. The summed E-state index contributed by atoms with van der Waals surface area (Å²) in [5, 5.41) is 5.99. The van der Waals surface area contributed by atoms with Gasteiger partial charge in [-0.25, -0.2) is 9.97 Å². The molecule has 3 rings (SSSR count). The SMILES string of the molecule is CC(NC(=O)c1c[nH]c2ncc(-c3ccc(C(=O)NC(C)(C)C)s3)nc12)C(C)(C)C. The molecule has 0 saturated carbocycles. The van der Waals surface area contributed by atoms with Crippen LogP contribution < -0.4 is 10.6 Å². The van der Waals surface area contributed by atoms with Gasteiger partial charge in [0.15, 0.2) is 5.65 Å². The van der Waals surface area contributed by atoms with Crippen LogP contribution in [-0.2, 0) is 0 Å².